The molecule has 1 spiro atoms. The molecule has 2 aliphatic rings. The van der Waals surface area contributed by atoms with Gasteiger partial charge < -0.3 is 4.84 Å². The molecule has 0 unspecified atom stereocenters. The molecule has 0 atom stereocenters. The zero-order chi connectivity index (χ0) is 11.1. The third-order valence-electron chi connectivity index (χ3n) is 3.93. The second kappa shape index (κ2) is 3.76. The van der Waals surface area contributed by atoms with Crippen molar-refractivity contribution in [3.05, 3.63) is 0 Å². The lowest BCUT2D eigenvalue weighted by atomic mass is 9.68. The van der Waals surface area contributed by atoms with Crippen LogP contribution in [0.2, 0.25) is 0 Å². The van der Waals surface area contributed by atoms with Crippen molar-refractivity contribution >= 4 is 20.6 Å². The molecule has 15 heavy (non-hydrogen) atoms. The van der Waals surface area contributed by atoms with Crippen LogP contribution in [0.1, 0.15) is 52.9 Å². The molecule has 1 saturated carbocycles. The Kier molecular flexibility index (Phi) is 2.87. The zero-order valence-corrected chi connectivity index (χ0v) is 11.4. The van der Waals surface area contributed by atoms with Crippen LogP contribution in [0.3, 0.4) is 0 Å². The van der Waals surface area contributed by atoms with Crippen molar-refractivity contribution in [1.29, 1.82) is 0 Å². The van der Waals surface area contributed by atoms with Crippen molar-refractivity contribution in [1.82, 2.24) is 0 Å². The average Bonchev–Trinajstić information content (AvgIpc) is 2.47. The van der Waals surface area contributed by atoms with Gasteiger partial charge in [0.25, 0.3) is 0 Å². The van der Waals surface area contributed by atoms with E-state index in [1.807, 2.05) is 0 Å². The quantitative estimate of drug-likeness (QED) is 0.652. The summed E-state index contributed by atoms with van der Waals surface area (Å²) in [5, 5.41) is 4.03. The maximum atomic E-state index is 5.60. The zero-order valence-electron chi connectivity index (χ0n) is 9.85. The summed E-state index contributed by atoms with van der Waals surface area (Å²) in [5.41, 5.74) is 0.485. The largest absolute Gasteiger partial charge is 0.388 e. The molecule has 0 aromatic rings. The van der Waals surface area contributed by atoms with Crippen LogP contribution in [0.15, 0.2) is 5.16 Å². The fourth-order valence-corrected chi connectivity index (χ4v) is 3.34. The molecule has 2 rings (SSSR count). The summed E-state index contributed by atoms with van der Waals surface area (Å²) in [7, 11) is 0. The van der Waals surface area contributed by atoms with Gasteiger partial charge in [0, 0.05) is 6.42 Å². The predicted molar refractivity (Wildman–Crippen MR) is 66.2 cm³/mol. The molecule has 1 aliphatic carbocycles. The molecule has 0 radical (unpaired) electrons. The number of oxime groups is 1. The van der Waals surface area contributed by atoms with E-state index in [0.29, 0.717) is 5.41 Å². The normalized spacial score (nSPS) is 36.5. The first kappa shape index (κ1) is 11.4. The Hall–Kier alpha value is -0.0500. The van der Waals surface area contributed by atoms with E-state index in [1.54, 1.807) is 0 Å². The Bertz CT molecular complexity index is 272. The third kappa shape index (κ3) is 2.38. The van der Waals surface area contributed by atoms with E-state index in [9.17, 15) is 0 Å². The van der Waals surface area contributed by atoms with Crippen LogP contribution in [-0.2, 0) is 4.84 Å². The molecule has 0 bridgehead atoms. The van der Waals surface area contributed by atoms with Gasteiger partial charge in [-0.3, -0.25) is 0 Å². The molecule has 0 saturated heterocycles. The van der Waals surface area contributed by atoms with Gasteiger partial charge in [-0.2, -0.15) is 0 Å². The molecule has 86 valence electrons. The van der Waals surface area contributed by atoms with Crippen LogP contribution in [-0.4, -0.2) is 10.2 Å². The Balaban J connectivity index is 1.93. The molecule has 0 amide bonds. The van der Waals surface area contributed by atoms with Gasteiger partial charge in [0.1, 0.15) is 10.2 Å². The van der Waals surface area contributed by atoms with Gasteiger partial charge in [-0.15, -0.1) is 0 Å². The molecule has 1 fully saturated rings. The molecule has 1 heterocycles. The highest BCUT2D eigenvalue weighted by atomic mass is 79.9. The first-order valence-corrected chi connectivity index (χ1v) is 6.61. The van der Waals surface area contributed by atoms with Crippen molar-refractivity contribution < 1.29 is 4.84 Å². The fourth-order valence-electron chi connectivity index (χ4n) is 2.75. The van der Waals surface area contributed by atoms with E-state index < -0.39 is 0 Å². The average molecular weight is 274 g/mol. The topological polar surface area (TPSA) is 21.6 Å². The van der Waals surface area contributed by atoms with Crippen LogP contribution in [0.25, 0.3) is 0 Å². The first-order chi connectivity index (χ1) is 6.91. The van der Waals surface area contributed by atoms with Crippen LogP contribution >= 0.6 is 15.9 Å². The van der Waals surface area contributed by atoms with Crippen LogP contribution in [0.5, 0.6) is 0 Å². The number of hydrogen-bond donors (Lipinski definition) is 0. The maximum absolute atomic E-state index is 5.60. The molecule has 0 aromatic heterocycles. The minimum Gasteiger partial charge on any atom is -0.388 e. The summed E-state index contributed by atoms with van der Waals surface area (Å²) >= 11 is 3.43. The Morgan fingerprint density at radius 2 is 1.93 bits per heavy atom. The van der Waals surface area contributed by atoms with Crippen molar-refractivity contribution in [3.63, 3.8) is 0 Å². The highest BCUT2D eigenvalue weighted by molar-refractivity contribution is 9.18. The molecule has 0 aromatic carbocycles. The first-order valence-electron chi connectivity index (χ1n) is 5.82. The van der Waals surface area contributed by atoms with Crippen molar-refractivity contribution in [3.8, 4) is 0 Å². The Labute approximate surface area is 101 Å². The van der Waals surface area contributed by atoms with Gasteiger partial charge in [-0.25, -0.2) is 0 Å². The Morgan fingerprint density at radius 3 is 2.33 bits per heavy atom. The van der Waals surface area contributed by atoms with Gasteiger partial charge in [-0.05, 0) is 52.9 Å². The molecule has 3 heteroatoms. The fraction of sp³-hybridized carbons (Fsp3) is 0.917. The van der Waals surface area contributed by atoms with Gasteiger partial charge in [0.05, 0.1) is 0 Å². The summed E-state index contributed by atoms with van der Waals surface area (Å²) < 4.78 is 0.983. The van der Waals surface area contributed by atoms with Crippen LogP contribution in [0.4, 0.5) is 0 Å². The summed E-state index contributed by atoms with van der Waals surface area (Å²) in [6, 6.07) is 0. The third-order valence-corrected chi connectivity index (χ3v) is 4.35. The number of nitrogens with zero attached hydrogens (tertiary/aromatic N) is 1. The van der Waals surface area contributed by atoms with Crippen LogP contribution < -0.4 is 0 Å². The lowest BCUT2D eigenvalue weighted by molar-refractivity contribution is -0.0640. The van der Waals surface area contributed by atoms with Crippen molar-refractivity contribution in [2.75, 3.05) is 0 Å². The van der Waals surface area contributed by atoms with Gasteiger partial charge in [-0.1, -0.05) is 25.9 Å². The summed E-state index contributed by atoms with van der Waals surface area (Å²) in [6.07, 6.45) is 5.85. The summed E-state index contributed by atoms with van der Waals surface area (Å²) in [6.45, 7) is 7.03. The maximum Gasteiger partial charge on any atom is 0.144 e. The molecule has 1 aliphatic heterocycles. The van der Waals surface area contributed by atoms with E-state index in [4.69, 9.17) is 4.84 Å². The number of rotatable bonds is 0. The van der Waals surface area contributed by atoms with E-state index in [2.05, 4.69) is 41.9 Å². The SMILES string of the molecule is CC(C)(C)[C@H]1CC[C@@]2(CC1)CC(Br)=NO2. The monoisotopic (exact) mass is 273 g/mol. The lowest BCUT2D eigenvalue weighted by Crippen LogP contribution is -2.37. The minimum absolute atomic E-state index is 0.0422. The Morgan fingerprint density at radius 1 is 1.33 bits per heavy atom. The highest BCUT2D eigenvalue weighted by Crippen LogP contribution is 2.46. The lowest BCUT2D eigenvalue weighted by Gasteiger charge is -2.40. The molecule has 0 N–H and O–H groups in total. The van der Waals surface area contributed by atoms with Gasteiger partial charge in [0.2, 0.25) is 0 Å². The predicted octanol–water partition coefficient (Wildman–Crippen LogP) is 4.09. The second-order valence-corrected chi connectivity index (χ2v) is 6.97. The van der Waals surface area contributed by atoms with Crippen molar-refractivity contribution in [2.24, 2.45) is 16.5 Å². The smallest absolute Gasteiger partial charge is 0.144 e. The summed E-state index contributed by atoms with van der Waals surface area (Å²) in [5.74, 6) is 0.839. The van der Waals surface area contributed by atoms with Crippen LogP contribution in [0, 0.1) is 11.3 Å². The van der Waals surface area contributed by atoms with Gasteiger partial charge >= 0.3 is 0 Å². The number of halogens is 1. The summed E-state index contributed by atoms with van der Waals surface area (Å²) in [4.78, 5) is 5.60. The van der Waals surface area contributed by atoms with E-state index in [0.717, 1.165) is 29.8 Å². The minimum atomic E-state index is 0.0422. The molecular formula is C12H20BrNO. The van der Waals surface area contributed by atoms with Crippen molar-refractivity contribution in [2.45, 2.75) is 58.5 Å². The van der Waals surface area contributed by atoms with E-state index in [-0.39, 0.29) is 5.60 Å². The highest BCUT2D eigenvalue weighted by Gasteiger charge is 2.43. The molecular weight excluding hydrogens is 254 g/mol. The molecule has 2 nitrogen and oxygen atoms in total. The van der Waals surface area contributed by atoms with E-state index >= 15 is 0 Å². The standard InChI is InChI=1S/C12H20BrNO/c1-11(2,3)9-4-6-12(7-5-9)8-10(13)14-15-12/h9H,4-8H2,1-3H3/t9-,12+. The second-order valence-electron chi connectivity index (χ2n) is 6.06. The van der Waals surface area contributed by atoms with E-state index in [1.165, 1.54) is 12.8 Å². The number of hydrogen-bond acceptors (Lipinski definition) is 2. The van der Waals surface area contributed by atoms with Gasteiger partial charge in [0.15, 0.2) is 0 Å².